The standard InChI is InChI=1S/C42H29N/c1-2-43-41-15-9-8-14-36(41)40-25-38-35-21-20-32(24-37(35)33-12-6-7-13-34(33)39(38)26-42(40)43)31-19-18-29-22-28(16-17-30(29)23-31)27-10-4-3-5-11-27/h3-26H,2H2,1H3. The number of hydrogen-bond donors (Lipinski definition) is 0. The van der Waals surface area contributed by atoms with E-state index in [0.717, 1.165) is 6.54 Å². The maximum Gasteiger partial charge on any atom is 0.0497 e. The lowest BCUT2D eigenvalue weighted by molar-refractivity contribution is 0.827. The fourth-order valence-electron chi connectivity index (χ4n) is 7.25. The van der Waals surface area contributed by atoms with Gasteiger partial charge in [-0.2, -0.15) is 0 Å². The van der Waals surface area contributed by atoms with Crippen LogP contribution in [0.1, 0.15) is 6.92 Å². The van der Waals surface area contributed by atoms with Crippen molar-refractivity contribution < 1.29 is 0 Å². The molecule has 0 aliphatic carbocycles. The first-order valence-electron chi connectivity index (χ1n) is 15.2. The summed E-state index contributed by atoms with van der Waals surface area (Å²) in [5, 5.41) is 13.0. The molecule has 1 heteroatoms. The molecule has 9 aromatic rings. The first kappa shape index (κ1) is 24.2. The molecule has 0 spiro atoms. The SMILES string of the molecule is CCn1c2ccccc2c2cc3c4ccc(-c5ccc6cc(-c7ccccc7)ccc6c5)cc4c4ccccc4c3cc21. The van der Waals surface area contributed by atoms with Crippen LogP contribution in [-0.4, -0.2) is 4.57 Å². The van der Waals surface area contributed by atoms with E-state index in [-0.39, 0.29) is 0 Å². The molecule has 0 aliphatic heterocycles. The lowest BCUT2D eigenvalue weighted by Crippen LogP contribution is -1.93. The monoisotopic (exact) mass is 547 g/mol. The summed E-state index contributed by atoms with van der Waals surface area (Å²) in [7, 11) is 0. The van der Waals surface area contributed by atoms with E-state index in [9.17, 15) is 0 Å². The van der Waals surface area contributed by atoms with E-state index in [0.29, 0.717) is 0 Å². The summed E-state index contributed by atoms with van der Waals surface area (Å²) < 4.78 is 2.45. The molecule has 1 nitrogen and oxygen atoms in total. The smallest absolute Gasteiger partial charge is 0.0497 e. The number of benzene rings is 8. The summed E-state index contributed by atoms with van der Waals surface area (Å²) in [5.41, 5.74) is 7.60. The van der Waals surface area contributed by atoms with Crippen LogP contribution in [-0.2, 0) is 6.54 Å². The molecule has 43 heavy (non-hydrogen) atoms. The molecule has 8 aromatic carbocycles. The van der Waals surface area contributed by atoms with Crippen LogP contribution >= 0.6 is 0 Å². The molecule has 0 fully saturated rings. The summed E-state index contributed by atoms with van der Waals surface area (Å²) in [6.07, 6.45) is 0. The van der Waals surface area contributed by atoms with E-state index < -0.39 is 0 Å². The first-order chi connectivity index (χ1) is 21.3. The van der Waals surface area contributed by atoms with Gasteiger partial charge in [0.25, 0.3) is 0 Å². The van der Waals surface area contributed by atoms with Crippen LogP contribution in [0.2, 0.25) is 0 Å². The van der Waals surface area contributed by atoms with Gasteiger partial charge in [0.05, 0.1) is 0 Å². The van der Waals surface area contributed by atoms with Crippen molar-refractivity contribution in [2.75, 3.05) is 0 Å². The zero-order valence-corrected chi connectivity index (χ0v) is 24.0. The van der Waals surface area contributed by atoms with Gasteiger partial charge in [0.15, 0.2) is 0 Å². The normalized spacial score (nSPS) is 11.9. The molecule has 0 saturated heterocycles. The van der Waals surface area contributed by atoms with E-state index in [4.69, 9.17) is 0 Å². The van der Waals surface area contributed by atoms with Gasteiger partial charge in [-0.1, -0.05) is 109 Å². The molecule has 0 atom stereocenters. The van der Waals surface area contributed by atoms with Gasteiger partial charge in [-0.25, -0.2) is 0 Å². The Bertz CT molecular complexity index is 2530. The van der Waals surface area contributed by atoms with Crippen molar-refractivity contribution in [3.8, 4) is 22.3 Å². The molecule has 0 aliphatic rings. The van der Waals surface area contributed by atoms with Crippen molar-refractivity contribution >= 4 is 64.9 Å². The average Bonchev–Trinajstić information content (AvgIpc) is 3.40. The molecular weight excluding hydrogens is 518 g/mol. The minimum absolute atomic E-state index is 0.948. The van der Waals surface area contributed by atoms with Crippen LogP contribution in [0.25, 0.3) is 87.1 Å². The van der Waals surface area contributed by atoms with Crippen molar-refractivity contribution in [2.24, 2.45) is 0 Å². The van der Waals surface area contributed by atoms with E-state index in [1.54, 1.807) is 0 Å². The minimum atomic E-state index is 0.948. The van der Waals surface area contributed by atoms with Crippen molar-refractivity contribution in [3.63, 3.8) is 0 Å². The van der Waals surface area contributed by atoms with Crippen LogP contribution in [0.3, 0.4) is 0 Å². The van der Waals surface area contributed by atoms with E-state index in [2.05, 4.69) is 157 Å². The Hall–Kier alpha value is -5.40. The number of hydrogen-bond acceptors (Lipinski definition) is 0. The highest BCUT2D eigenvalue weighted by atomic mass is 15.0. The molecule has 0 radical (unpaired) electrons. The second kappa shape index (κ2) is 9.31. The molecule has 1 aromatic heterocycles. The van der Waals surface area contributed by atoms with Crippen molar-refractivity contribution in [1.82, 2.24) is 4.57 Å². The van der Waals surface area contributed by atoms with Crippen molar-refractivity contribution in [2.45, 2.75) is 13.5 Å². The fourth-order valence-corrected chi connectivity index (χ4v) is 7.25. The van der Waals surface area contributed by atoms with Crippen LogP contribution in [0, 0.1) is 0 Å². The highest BCUT2D eigenvalue weighted by Gasteiger charge is 2.15. The van der Waals surface area contributed by atoms with Gasteiger partial charge >= 0.3 is 0 Å². The summed E-state index contributed by atoms with van der Waals surface area (Å²) in [6, 6.07) is 53.9. The minimum Gasteiger partial charge on any atom is -0.341 e. The van der Waals surface area contributed by atoms with Gasteiger partial charge in [0.2, 0.25) is 0 Å². The lowest BCUT2D eigenvalue weighted by atomic mass is 9.90. The average molecular weight is 548 g/mol. The quantitative estimate of drug-likeness (QED) is 0.194. The predicted molar refractivity (Wildman–Crippen MR) is 186 cm³/mol. The van der Waals surface area contributed by atoms with Crippen LogP contribution in [0.15, 0.2) is 146 Å². The second-order valence-electron chi connectivity index (χ2n) is 11.6. The van der Waals surface area contributed by atoms with Gasteiger partial charge in [-0.15, -0.1) is 0 Å². The topological polar surface area (TPSA) is 4.93 Å². The molecule has 0 amide bonds. The Morgan fingerprint density at radius 3 is 1.60 bits per heavy atom. The molecule has 0 bridgehead atoms. The fraction of sp³-hybridized carbons (Fsp3) is 0.0476. The molecule has 0 N–H and O–H groups in total. The maximum atomic E-state index is 2.45. The van der Waals surface area contributed by atoms with E-state index in [1.165, 1.54) is 87.1 Å². The Balaban J connectivity index is 1.27. The second-order valence-corrected chi connectivity index (χ2v) is 11.6. The molecule has 1 heterocycles. The predicted octanol–water partition coefficient (Wildman–Crippen LogP) is 11.8. The number of aromatic nitrogens is 1. The lowest BCUT2D eigenvalue weighted by Gasteiger charge is -2.13. The van der Waals surface area contributed by atoms with Gasteiger partial charge in [-0.05, 0) is 109 Å². The number of nitrogens with zero attached hydrogens (tertiary/aromatic N) is 1. The number of aryl methyl sites for hydroxylation is 1. The largest absolute Gasteiger partial charge is 0.341 e. The third-order valence-electron chi connectivity index (χ3n) is 9.33. The first-order valence-corrected chi connectivity index (χ1v) is 15.2. The molecule has 9 rings (SSSR count). The molecule has 0 unspecified atom stereocenters. The molecular formula is C42H29N. The zero-order chi connectivity index (χ0) is 28.5. The highest BCUT2D eigenvalue weighted by molar-refractivity contribution is 6.29. The summed E-state index contributed by atoms with van der Waals surface area (Å²) in [6.45, 7) is 3.19. The molecule has 202 valence electrons. The Morgan fingerprint density at radius 2 is 0.884 bits per heavy atom. The van der Waals surface area contributed by atoms with Crippen molar-refractivity contribution in [3.05, 3.63) is 146 Å². The van der Waals surface area contributed by atoms with E-state index in [1.807, 2.05) is 0 Å². The third-order valence-corrected chi connectivity index (χ3v) is 9.33. The Labute approximate surface area is 250 Å². The van der Waals surface area contributed by atoms with E-state index >= 15 is 0 Å². The summed E-state index contributed by atoms with van der Waals surface area (Å²) in [5.74, 6) is 0. The highest BCUT2D eigenvalue weighted by Crippen LogP contribution is 2.41. The zero-order valence-electron chi connectivity index (χ0n) is 24.0. The van der Waals surface area contributed by atoms with Crippen LogP contribution in [0.4, 0.5) is 0 Å². The van der Waals surface area contributed by atoms with Crippen LogP contribution in [0.5, 0.6) is 0 Å². The number of fused-ring (bicyclic) bond motifs is 10. The van der Waals surface area contributed by atoms with Gasteiger partial charge in [0, 0.05) is 28.4 Å². The maximum absolute atomic E-state index is 2.45. The Kier molecular flexibility index (Phi) is 5.24. The van der Waals surface area contributed by atoms with Gasteiger partial charge in [0.1, 0.15) is 0 Å². The van der Waals surface area contributed by atoms with Crippen molar-refractivity contribution in [1.29, 1.82) is 0 Å². The molecule has 0 saturated carbocycles. The van der Waals surface area contributed by atoms with Gasteiger partial charge < -0.3 is 4.57 Å². The van der Waals surface area contributed by atoms with Gasteiger partial charge in [-0.3, -0.25) is 0 Å². The third kappa shape index (κ3) is 3.65. The van der Waals surface area contributed by atoms with Crippen LogP contribution < -0.4 is 0 Å². The summed E-state index contributed by atoms with van der Waals surface area (Å²) in [4.78, 5) is 0. The number of para-hydroxylation sites is 1. The number of rotatable bonds is 3. The Morgan fingerprint density at radius 1 is 0.349 bits per heavy atom. The summed E-state index contributed by atoms with van der Waals surface area (Å²) >= 11 is 0.